The monoisotopic (exact) mass is 509 g/mol. The molecule has 11 heteroatoms. The third-order valence-corrected chi connectivity index (χ3v) is 6.96. The third kappa shape index (κ3) is 2.64. The molecule has 140 valence electrons. The molecule has 26 heavy (non-hydrogen) atoms. The number of ether oxygens (including phenoxy) is 2. The Hall–Kier alpha value is -0.690. The van der Waals surface area contributed by atoms with Crippen LogP contribution in [0.25, 0.3) is 11.2 Å². The van der Waals surface area contributed by atoms with Gasteiger partial charge in [0.2, 0.25) is 4.87 Å². The Balaban J connectivity index is 1.94. The van der Waals surface area contributed by atoms with Crippen molar-refractivity contribution < 1.29 is 14.3 Å². The number of halogens is 2. The molecule has 2 fully saturated rings. The minimum atomic E-state index is -1.08. The van der Waals surface area contributed by atoms with Gasteiger partial charge in [-0.1, -0.05) is 34.2 Å². The number of aromatic nitrogens is 4. The lowest BCUT2D eigenvalue weighted by Crippen LogP contribution is -2.53. The van der Waals surface area contributed by atoms with E-state index in [4.69, 9.17) is 21.1 Å². The molecule has 0 saturated carbocycles. The molecule has 2 aromatic rings. The lowest BCUT2D eigenvalue weighted by Gasteiger charge is -2.33. The van der Waals surface area contributed by atoms with E-state index in [1.54, 1.807) is 17.9 Å². The van der Waals surface area contributed by atoms with Crippen molar-refractivity contribution in [1.82, 2.24) is 24.8 Å². The number of likely N-dealkylation sites (N-methyl/N-ethyl adjacent to an activating group) is 1. The molecular formula is C15H17ClIN5O3S. The highest BCUT2D eigenvalue weighted by atomic mass is 127. The molecule has 0 aliphatic carbocycles. The Kier molecular flexibility index (Phi) is 4.62. The average Bonchev–Trinajstić information content (AvgIpc) is 3.25. The Morgan fingerprint density at radius 1 is 1.50 bits per heavy atom. The van der Waals surface area contributed by atoms with Crippen LogP contribution in [0.4, 0.5) is 0 Å². The Morgan fingerprint density at radius 3 is 2.96 bits per heavy atom. The first-order valence-electron chi connectivity index (χ1n) is 8.00. The summed E-state index contributed by atoms with van der Waals surface area (Å²) >= 11 is 9.92. The molecule has 2 aliphatic heterocycles. The normalized spacial score (nSPS) is 29.9. The van der Waals surface area contributed by atoms with Crippen LogP contribution in [0.1, 0.15) is 19.7 Å². The minimum absolute atomic E-state index is 0.193. The first kappa shape index (κ1) is 18.7. The predicted molar refractivity (Wildman–Crippen MR) is 106 cm³/mol. The van der Waals surface area contributed by atoms with Gasteiger partial charge in [-0.2, -0.15) is 0 Å². The lowest BCUT2D eigenvalue weighted by atomic mass is 10.1. The van der Waals surface area contributed by atoms with Crippen LogP contribution >= 0.6 is 46.0 Å². The fraction of sp³-hybridized carbons (Fsp3) is 0.600. The third-order valence-electron chi connectivity index (χ3n) is 4.47. The summed E-state index contributed by atoms with van der Waals surface area (Å²) in [6.07, 6.45) is 0.907. The molecule has 2 aromatic heterocycles. The highest BCUT2D eigenvalue weighted by molar-refractivity contribution is 14.1. The molecule has 2 aliphatic rings. The van der Waals surface area contributed by atoms with Gasteiger partial charge in [-0.05, 0) is 13.8 Å². The van der Waals surface area contributed by atoms with Gasteiger partial charge in [-0.15, -0.1) is 11.8 Å². The van der Waals surface area contributed by atoms with Crippen molar-refractivity contribution in [3.63, 3.8) is 0 Å². The molecule has 3 atom stereocenters. The number of hydrogen-bond acceptors (Lipinski definition) is 7. The van der Waals surface area contributed by atoms with E-state index in [2.05, 4.69) is 42.9 Å². The summed E-state index contributed by atoms with van der Waals surface area (Å²) in [5.74, 6) is 0.257. The van der Waals surface area contributed by atoms with Crippen LogP contribution in [0.15, 0.2) is 6.33 Å². The lowest BCUT2D eigenvalue weighted by molar-refractivity contribution is -0.155. The van der Waals surface area contributed by atoms with E-state index in [1.807, 2.05) is 13.8 Å². The summed E-state index contributed by atoms with van der Waals surface area (Å²) in [4.78, 5) is 25.2. The molecule has 3 unspecified atom stereocenters. The van der Waals surface area contributed by atoms with Gasteiger partial charge in [0.05, 0.1) is 10.8 Å². The zero-order chi connectivity index (χ0) is 18.7. The van der Waals surface area contributed by atoms with Crippen LogP contribution in [0.2, 0.25) is 5.15 Å². The first-order valence-corrected chi connectivity index (χ1v) is 10.9. The summed E-state index contributed by atoms with van der Waals surface area (Å²) < 4.78 is 14.5. The Morgan fingerprint density at radius 2 is 2.27 bits per heavy atom. The summed E-state index contributed by atoms with van der Waals surface area (Å²) in [6, 6.07) is 0. The summed E-state index contributed by atoms with van der Waals surface area (Å²) in [5.41, 5.74) is 0.979. The minimum Gasteiger partial charge on any atom is -0.356 e. The van der Waals surface area contributed by atoms with Gasteiger partial charge in [0, 0.05) is 12.8 Å². The molecule has 0 spiro atoms. The number of nitrogens with zero attached hydrogens (tertiary/aromatic N) is 4. The molecule has 1 N–H and O–H groups in total. The highest BCUT2D eigenvalue weighted by Crippen LogP contribution is 2.52. The van der Waals surface area contributed by atoms with Gasteiger partial charge < -0.3 is 14.8 Å². The van der Waals surface area contributed by atoms with Crippen molar-refractivity contribution >= 4 is 63.0 Å². The van der Waals surface area contributed by atoms with Crippen molar-refractivity contribution in [3.8, 4) is 0 Å². The summed E-state index contributed by atoms with van der Waals surface area (Å²) in [5, 5.41) is 3.04. The van der Waals surface area contributed by atoms with Gasteiger partial charge in [0.1, 0.15) is 23.5 Å². The summed E-state index contributed by atoms with van der Waals surface area (Å²) in [6.45, 7) is 3.70. The molecule has 0 aromatic carbocycles. The second kappa shape index (κ2) is 6.43. The average molecular weight is 510 g/mol. The van der Waals surface area contributed by atoms with Crippen molar-refractivity contribution in [3.05, 3.63) is 17.3 Å². The second-order valence-corrected chi connectivity index (χ2v) is 8.90. The number of carbonyl (C=O) groups is 1. The quantitative estimate of drug-likeness (QED) is 0.385. The van der Waals surface area contributed by atoms with Gasteiger partial charge in [-0.25, -0.2) is 15.0 Å². The van der Waals surface area contributed by atoms with Crippen LogP contribution in [0.3, 0.4) is 0 Å². The molecule has 0 bridgehead atoms. The maximum absolute atomic E-state index is 13.1. The first-order chi connectivity index (χ1) is 12.3. The van der Waals surface area contributed by atoms with Crippen molar-refractivity contribution in [2.24, 2.45) is 0 Å². The molecular weight excluding hydrogens is 493 g/mol. The predicted octanol–water partition coefficient (Wildman–Crippen LogP) is 2.08. The standard InChI is InChI=1S/C15H17ClIN5O3S/c1-14(2)24-7-5-26-15(10(7)25-14,13(23)18-3)22-6-19-9-11(16)20-8(4-17)21-12(9)22/h6-7,10H,4-5H2,1-3H3,(H,18,23). The largest absolute Gasteiger partial charge is 0.356 e. The van der Waals surface area contributed by atoms with Crippen LogP contribution in [0, 0.1) is 0 Å². The van der Waals surface area contributed by atoms with E-state index < -0.39 is 16.8 Å². The number of hydrogen-bond donors (Lipinski definition) is 1. The molecule has 4 rings (SSSR count). The molecule has 1 amide bonds. The molecule has 2 saturated heterocycles. The smallest absolute Gasteiger partial charge is 0.259 e. The van der Waals surface area contributed by atoms with Crippen molar-refractivity contribution in [2.45, 2.75) is 41.1 Å². The van der Waals surface area contributed by atoms with Crippen LogP contribution in [0.5, 0.6) is 0 Å². The molecule has 4 heterocycles. The Labute approximate surface area is 172 Å². The molecule has 0 radical (unpaired) electrons. The second-order valence-electron chi connectivity index (χ2n) is 6.53. The van der Waals surface area contributed by atoms with E-state index in [1.165, 1.54) is 11.8 Å². The zero-order valence-corrected chi connectivity index (χ0v) is 18.1. The van der Waals surface area contributed by atoms with Gasteiger partial charge in [-0.3, -0.25) is 9.36 Å². The fourth-order valence-corrected chi connectivity index (χ4v) is 5.58. The molecule has 8 nitrogen and oxygen atoms in total. The Bertz CT molecular complexity index is 894. The van der Waals surface area contributed by atoms with E-state index in [-0.39, 0.29) is 17.2 Å². The number of nitrogens with one attached hydrogen (secondary N) is 1. The van der Waals surface area contributed by atoms with Crippen molar-refractivity contribution in [2.75, 3.05) is 12.8 Å². The summed E-state index contributed by atoms with van der Waals surface area (Å²) in [7, 11) is 1.61. The van der Waals surface area contributed by atoms with Gasteiger partial charge >= 0.3 is 0 Å². The SMILES string of the molecule is CNC(=O)C1(n2cnc3c(Cl)nc(CI)nc32)SCC2OC(C)(C)OC21. The topological polar surface area (TPSA) is 91.2 Å². The number of fused-ring (bicyclic) bond motifs is 2. The van der Waals surface area contributed by atoms with E-state index in [9.17, 15) is 4.79 Å². The fourth-order valence-electron chi connectivity index (χ4n) is 3.48. The van der Waals surface area contributed by atoms with E-state index in [0.29, 0.717) is 27.2 Å². The maximum Gasteiger partial charge on any atom is 0.259 e. The number of amides is 1. The van der Waals surface area contributed by atoms with Crippen LogP contribution in [-0.4, -0.2) is 56.2 Å². The van der Waals surface area contributed by atoms with Gasteiger partial charge in [0.15, 0.2) is 16.6 Å². The zero-order valence-electron chi connectivity index (χ0n) is 14.3. The van der Waals surface area contributed by atoms with Crippen molar-refractivity contribution in [1.29, 1.82) is 0 Å². The van der Waals surface area contributed by atoms with Crippen LogP contribution in [-0.2, 0) is 23.6 Å². The number of carbonyl (C=O) groups excluding carboxylic acids is 1. The van der Waals surface area contributed by atoms with Crippen LogP contribution < -0.4 is 5.32 Å². The van der Waals surface area contributed by atoms with E-state index in [0.717, 1.165) is 0 Å². The number of imidazole rings is 1. The number of thioether (sulfide) groups is 1. The van der Waals surface area contributed by atoms with E-state index >= 15 is 0 Å². The highest BCUT2D eigenvalue weighted by Gasteiger charge is 2.63. The van der Waals surface area contributed by atoms with Gasteiger partial charge in [0.25, 0.3) is 5.91 Å². The number of rotatable bonds is 3. The number of alkyl halides is 1. The maximum atomic E-state index is 13.1.